The molecule has 0 saturated carbocycles. The summed E-state index contributed by atoms with van der Waals surface area (Å²) in [5, 5.41) is 3.59. The van der Waals surface area contributed by atoms with Crippen molar-refractivity contribution in [1.29, 1.82) is 0 Å². The summed E-state index contributed by atoms with van der Waals surface area (Å²) in [5.41, 5.74) is 7.12. The number of nitrogens with one attached hydrogen (secondary N) is 2. The van der Waals surface area contributed by atoms with Gasteiger partial charge in [-0.15, -0.1) is 11.3 Å². The zero-order chi connectivity index (χ0) is 17.4. The number of aryl methyl sites for hydroxylation is 1. The Bertz CT molecular complexity index is 648. The first-order chi connectivity index (χ1) is 11.4. The van der Waals surface area contributed by atoms with Crippen molar-refractivity contribution in [3.63, 3.8) is 0 Å². The minimum atomic E-state index is -0.446. The number of fused-ring (bicyclic) bond motifs is 1. The van der Waals surface area contributed by atoms with Crippen LogP contribution in [-0.2, 0) is 22.4 Å². The first kappa shape index (κ1) is 17.4. The van der Waals surface area contributed by atoms with Crippen LogP contribution in [0.1, 0.15) is 48.0 Å². The van der Waals surface area contributed by atoms with Crippen molar-refractivity contribution >= 4 is 28.2 Å². The maximum atomic E-state index is 12.7. The minimum absolute atomic E-state index is 0.0614. The number of amides is 2. The summed E-state index contributed by atoms with van der Waals surface area (Å²) < 4.78 is 5.74. The standard InChI is InChI=1S/C17H25N3O3S/c1-9-7-20(8-10(2)23-9)11(3)16(22)19-17-14(15(18)21)12-5-4-6-13(12)24-17/h9-11H,4-8H2,1-3H3,(H2,18,21)(H,19,22)/p+1/t9-,10-,11-/m0/s1. The average molecular weight is 352 g/mol. The minimum Gasteiger partial charge on any atom is -0.365 e. The van der Waals surface area contributed by atoms with E-state index in [2.05, 4.69) is 5.32 Å². The molecule has 1 saturated heterocycles. The van der Waals surface area contributed by atoms with Crippen molar-refractivity contribution in [2.24, 2.45) is 5.73 Å². The van der Waals surface area contributed by atoms with Gasteiger partial charge in [-0.2, -0.15) is 0 Å². The third kappa shape index (κ3) is 3.34. The molecule has 1 aliphatic carbocycles. The van der Waals surface area contributed by atoms with Gasteiger partial charge in [0.15, 0.2) is 6.04 Å². The first-order valence-electron chi connectivity index (χ1n) is 8.62. The number of thiophene rings is 1. The number of carbonyl (C=O) groups excluding carboxylic acids is 2. The normalized spacial score (nSPS) is 27.5. The molecule has 4 N–H and O–H groups in total. The molecule has 3 rings (SSSR count). The zero-order valence-electron chi connectivity index (χ0n) is 14.5. The van der Waals surface area contributed by atoms with Crippen molar-refractivity contribution in [3.05, 3.63) is 16.0 Å². The maximum Gasteiger partial charge on any atom is 0.282 e. The molecule has 2 amide bonds. The molecule has 2 aliphatic rings. The number of nitrogens with two attached hydrogens (primary N) is 1. The van der Waals surface area contributed by atoms with Gasteiger partial charge >= 0.3 is 0 Å². The van der Waals surface area contributed by atoms with Gasteiger partial charge in [0, 0.05) is 4.88 Å². The highest BCUT2D eigenvalue weighted by Gasteiger charge is 2.34. The van der Waals surface area contributed by atoms with Gasteiger partial charge in [-0.25, -0.2) is 0 Å². The Hall–Kier alpha value is -1.44. The van der Waals surface area contributed by atoms with Crippen LogP contribution < -0.4 is 16.0 Å². The molecule has 0 unspecified atom stereocenters. The lowest BCUT2D eigenvalue weighted by Gasteiger charge is -2.35. The molecular formula is C17H26N3O3S+. The second-order valence-electron chi connectivity index (χ2n) is 6.96. The summed E-state index contributed by atoms with van der Waals surface area (Å²) in [6.45, 7) is 7.62. The largest absolute Gasteiger partial charge is 0.365 e. The molecule has 2 heterocycles. The Morgan fingerprint density at radius 3 is 2.58 bits per heavy atom. The van der Waals surface area contributed by atoms with Gasteiger partial charge in [0.1, 0.15) is 30.3 Å². The molecule has 24 heavy (non-hydrogen) atoms. The number of hydrogen-bond acceptors (Lipinski definition) is 4. The zero-order valence-corrected chi connectivity index (χ0v) is 15.3. The Labute approximate surface area is 146 Å². The number of ether oxygens (including phenoxy) is 1. The second-order valence-corrected chi connectivity index (χ2v) is 8.07. The fourth-order valence-corrected chi connectivity index (χ4v) is 5.12. The van der Waals surface area contributed by atoms with E-state index in [9.17, 15) is 9.59 Å². The summed E-state index contributed by atoms with van der Waals surface area (Å²) in [6, 6.07) is -0.198. The van der Waals surface area contributed by atoms with Crippen LogP contribution in [0.2, 0.25) is 0 Å². The average Bonchev–Trinajstić information content (AvgIpc) is 3.05. The van der Waals surface area contributed by atoms with Crippen molar-refractivity contribution in [3.8, 4) is 0 Å². The van der Waals surface area contributed by atoms with E-state index in [0.29, 0.717) is 10.6 Å². The van der Waals surface area contributed by atoms with Gasteiger partial charge in [0.2, 0.25) is 0 Å². The lowest BCUT2D eigenvalue weighted by Crippen LogP contribution is -3.19. The number of anilines is 1. The number of hydrogen-bond donors (Lipinski definition) is 3. The molecule has 1 aromatic heterocycles. The molecule has 7 heteroatoms. The number of morpholine rings is 1. The van der Waals surface area contributed by atoms with Crippen molar-refractivity contribution in [2.45, 2.75) is 58.3 Å². The molecule has 0 spiro atoms. The van der Waals surface area contributed by atoms with E-state index in [1.807, 2.05) is 20.8 Å². The summed E-state index contributed by atoms with van der Waals surface area (Å²) in [5.74, 6) is -0.507. The third-order valence-electron chi connectivity index (χ3n) is 4.97. The van der Waals surface area contributed by atoms with Crippen LogP contribution in [0.15, 0.2) is 0 Å². The van der Waals surface area contributed by atoms with Crippen molar-refractivity contribution in [1.82, 2.24) is 0 Å². The molecule has 1 aliphatic heterocycles. The van der Waals surface area contributed by atoms with Crippen LogP contribution in [0.5, 0.6) is 0 Å². The lowest BCUT2D eigenvalue weighted by atomic mass is 10.1. The number of carbonyl (C=O) groups is 2. The summed E-state index contributed by atoms with van der Waals surface area (Å²) in [4.78, 5) is 26.9. The second kappa shape index (κ2) is 6.82. The van der Waals surface area contributed by atoms with E-state index >= 15 is 0 Å². The molecule has 0 aromatic carbocycles. The maximum absolute atomic E-state index is 12.7. The number of primary amides is 1. The Morgan fingerprint density at radius 2 is 1.96 bits per heavy atom. The van der Waals surface area contributed by atoms with Gasteiger partial charge in [-0.3, -0.25) is 9.59 Å². The molecule has 1 aromatic rings. The van der Waals surface area contributed by atoms with Crippen LogP contribution in [0, 0.1) is 0 Å². The Balaban J connectivity index is 1.74. The number of rotatable bonds is 4. The monoisotopic (exact) mass is 352 g/mol. The topological polar surface area (TPSA) is 85.9 Å². The molecule has 132 valence electrons. The summed E-state index contributed by atoms with van der Waals surface area (Å²) in [7, 11) is 0. The molecular weight excluding hydrogens is 326 g/mol. The highest BCUT2D eigenvalue weighted by Crippen LogP contribution is 2.38. The quantitative estimate of drug-likeness (QED) is 0.731. The highest BCUT2D eigenvalue weighted by atomic mass is 32.1. The summed E-state index contributed by atoms with van der Waals surface area (Å²) >= 11 is 1.50. The van der Waals surface area contributed by atoms with Gasteiger partial charge in [0.25, 0.3) is 11.8 Å². The van der Waals surface area contributed by atoms with Crippen LogP contribution in [0.25, 0.3) is 0 Å². The highest BCUT2D eigenvalue weighted by molar-refractivity contribution is 7.17. The van der Waals surface area contributed by atoms with Gasteiger partial charge < -0.3 is 20.7 Å². The molecule has 0 radical (unpaired) electrons. The fourth-order valence-electron chi connectivity index (χ4n) is 3.83. The molecule has 3 atom stereocenters. The first-order valence-corrected chi connectivity index (χ1v) is 9.43. The third-order valence-corrected chi connectivity index (χ3v) is 6.18. The van der Waals surface area contributed by atoms with Crippen molar-refractivity contribution < 1.29 is 19.2 Å². The molecule has 0 bridgehead atoms. The van der Waals surface area contributed by atoms with E-state index < -0.39 is 5.91 Å². The van der Waals surface area contributed by atoms with Gasteiger partial charge in [0.05, 0.1) is 5.56 Å². The SMILES string of the molecule is C[C@H]1C[NH+]([C@@H](C)C(=O)Nc2sc3c(c2C(N)=O)CCC3)C[C@H](C)O1. The van der Waals surface area contributed by atoms with Crippen LogP contribution in [0.4, 0.5) is 5.00 Å². The predicted molar refractivity (Wildman–Crippen MR) is 93.7 cm³/mol. The van der Waals surface area contributed by atoms with E-state index in [0.717, 1.165) is 37.9 Å². The van der Waals surface area contributed by atoms with E-state index in [4.69, 9.17) is 10.5 Å². The van der Waals surface area contributed by atoms with Crippen molar-refractivity contribution in [2.75, 3.05) is 18.4 Å². The van der Waals surface area contributed by atoms with Gasteiger partial charge in [-0.1, -0.05) is 0 Å². The van der Waals surface area contributed by atoms with E-state index in [1.165, 1.54) is 21.1 Å². The van der Waals surface area contributed by atoms with E-state index in [-0.39, 0.29) is 24.2 Å². The molecule has 6 nitrogen and oxygen atoms in total. The smallest absolute Gasteiger partial charge is 0.282 e. The predicted octanol–water partition coefficient (Wildman–Crippen LogP) is 0.355. The van der Waals surface area contributed by atoms with Crippen LogP contribution >= 0.6 is 11.3 Å². The fraction of sp³-hybridized carbons (Fsp3) is 0.647. The van der Waals surface area contributed by atoms with Gasteiger partial charge in [-0.05, 0) is 45.6 Å². The molecule has 1 fully saturated rings. The lowest BCUT2D eigenvalue weighted by molar-refractivity contribution is -0.928. The Morgan fingerprint density at radius 1 is 1.29 bits per heavy atom. The van der Waals surface area contributed by atoms with Crippen LogP contribution in [0.3, 0.4) is 0 Å². The van der Waals surface area contributed by atoms with E-state index in [1.54, 1.807) is 0 Å². The number of quaternary nitrogens is 1. The summed E-state index contributed by atoms with van der Waals surface area (Å²) in [6.07, 6.45) is 3.19. The van der Waals surface area contributed by atoms with Crippen LogP contribution in [-0.4, -0.2) is 43.2 Å². The Kier molecular flexibility index (Phi) is 4.94.